The van der Waals surface area contributed by atoms with Crippen LogP contribution in [0.5, 0.6) is 0 Å². The standard InChI is InChI=1S/C24H20Cl2N4O2S/c25-18-6-9-20(10-7-18)33(31,32)30-14-12-29(13-15-30)24-21-11-8-19(26)16-22(21)27-23(28-24)17-4-2-1-3-5-17/h1-11,16H,12-15H2. The molecule has 0 unspecified atom stereocenters. The Hall–Kier alpha value is -2.71. The third-order valence-electron chi connectivity index (χ3n) is 5.66. The van der Waals surface area contributed by atoms with E-state index < -0.39 is 10.0 Å². The molecule has 3 aromatic carbocycles. The Morgan fingerprint density at radius 3 is 2.12 bits per heavy atom. The molecule has 0 saturated carbocycles. The zero-order valence-electron chi connectivity index (χ0n) is 17.5. The number of piperazine rings is 1. The first-order valence-electron chi connectivity index (χ1n) is 10.5. The highest BCUT2D eigenvalue weighted by Gasteiger charge is 2.29. The Bertz CT molecular complexity index is 1410. The van der Waals surface area contributed by atoms with Crippen molar-refractivity contribution in [3.8, 4) is 11.4 Å². The number of sulfonamides is 1. The minimum Gasteiger partial charge on any atom is -0.353 e. The molecule has 0 aliphatic carbocycles. The molecule has 0 spiro atoms. The van der Waals surface area contributed by atoms with Crippen LogP contribution in [0.25, 0.3) is 22.3 Å². The summed E-state index contributed by atoms with van der Waals surface area (Å²) in [7, 11) is -3.59. The van der Waals surface area contributed by atoms with E-state index in [0.717, 1.165) is 22.3 Å². The highest BCUT2D eigenvalue weighted by molar-refractivity contribution is 7.89. The number of hydrogen-bond acceptors (Lipinski definition) is 5. The fourth-order valence-corrected chi connectivity index (χ4v) is 5.65. The molecule has 168 valence electrons. The first kappa shape index (κ1) is 22.1. The summed E-state index contributed by atoms with van der Waals surface area (Å²) in [5, 5.41) is 1.99. The van der Waals surface area contributed by atoms with Crippen molar-refractivity contribution in [1.82, 2.24) is 14.3 Å². The summed E-state index contributed by atoms with van der Waals surface area (Å²) < 4.78 is 27.6. The molecular weight excluding hydrogens is 479 g/mol. The highest BCUT2D eigenvalue weighted by Crippen LogP contribution is 2.30. The molecule has 5 rings (SSSR count). The summed E-state index contributed by atoms with van der Waals surface area (Å²) in [6, 6.07) is 21.6. The summed E-state index contributed by atoms with van der Waals surface area (Å²) in [4.78, 5) is 11.9. The van der Waals surface area contributed by atoms with Crippen LogP contribution in [0.3, 0.4) is 0 Å². The number of rotatable bonds is 4. The topological polar surface area (TPSA) is 66.4 Å². The van der Waals surface area contributed by atoms with Crippen LogP contribution in [-0.4, -0.2) is 48.9 Å². The van der Waals surface area contributed by atoms with Crippen LogP contribution >= 0.6 is 23.2 Å². The van der Waals surface area contributed by atoms with Crippen LogP contribution in [0, 0.1) is 0 Å². The van der Waals surface area contributed by atoms with E-state index >= 15 is 0 Å². The van der Waals surface area contributed by atoms with Gasteiger partial charge in [-0.05, 0) is 42.5 Å². The molecule has 0 bridgehead atoms. The van der Waals surface area contributed by atoms with Gasteiger partial charge in [-0.3, -0.25) is 0 Å². The normalized spacial score (nSPS) is 15.2. The predicted octanol–water partition coefficient (Wildman–Crippen LogP) is 5.11. The predicted molar refractivity (Wildman–Crippen MR) is 132 cm³/mol. The number of halogens is 2. The summed E-state index contributed by atoms with van der Waals surface area (Å²) in [6.45, 7) is 1.72. The summed E-state index contributed by atoms with van der Waals surface area (Å²) in [5.41, 5.74) is 1.66. The second kappa shape index (κ2) is 8.91. The molecule has 4 aromatic rings. The SMILES string of the molecule is O=S(=O)(c1ccc(Cl)cc1)N1CCN(c2nc(-c3ccccc3)nc3cc(Cl)ccc23)CC1. The molecule has 1 aromatic heterocycles. The molecular formula is C24H20Cl2N4O2S. The number of benzene rings is 3. The first-order chi connectivity index (χ1) is 15.9. The summed E-state index contributed by atoms with van der Waals surface area (Å²) in [5.74, 6) is 1.38. The van der Waals surface area contributed by atoms with E-state index in [1.165, 1.54) is 16.4 Å². The quantitative estimate of drug-likeness (QED) is 0.390. The Kier molecular flexibility index (Phi) is 5.97. The number of anilines is 1. The number of aromatic nitrogens is 2. The molecule has 1 fully saturated rings. The fourth-order valence-electron chi connectivity index (χ4n) is 3.94. The highest BCUT2D eigenvalue weighted by atomic mass is 35.5. The number of nitrogens with zero attached hydrogens (tertiary/aromatic N) is 4. The van der Waals surface area contributed by atoms with Crippen molar-refractivity contribution in [2.24, 2.45) is 0 Å². The van der Waals surface area contributed by atoms with Crippen LogP contribution in [0.15, 0.2) is 77.7 Å². The van der Waals surface area contributed by atoms with Crippen molar-refractivity contribution in [2.75, 3.05) is 31.1 Å². The fraction of sp³-hybridized carbons (Fsp3) is 0.167. The average molecular weight is 499 g/mol. The third-order valence-corrected chi connectivity index (χ3v) is 8.06. The van der Waals surface area contributed by atoms with E-state index in [1.807, 2.05) is 48.5 Å². The second-order valence-corrected chi connectivity index (χ2v) is 10.6. The molecule has 0 atom stereocenters. The smallest absolute Gasteiger partial charge is 0.243 e. The molecule has 2 heterocycles. The van der Waals surface area contributed by atoms with Gasteiger partial charge in [-0.1, -0.05) is 53.5 Å². The lowest BCUT2D eigenvalue weighted by Crippen LogP contribution is -2.49. The largest absolute Gasteiger partial charge is 0.353 e. The zero-order chi connectivity index (χ0) is 23.0. The van der Waals surface area contributed by atoms with E-state index in [2.05, 4.69) is 4.90 Å². The summed E-state index contributed by atoms with van der Waals surface area (Å²) >= 11 is 12.2. The van der Waals surface area contributed by atoms with Gasteiger partial charge in [0, 0.05) is 47.2 Å². The van der Waals surface area contributed by atoms with Gasteiger partial charge < -0.3 is 4.90 Å². The van der Waals surface area contributed by atoms with Crippen LogP contribution in [0.4, 0.5) is 5.82 Å². The van der Waals surface area contributed by atoms with Gasteiger partial charge in [0.25, 0.3) is 0 Å². The molecule has 0 N–H and O–H groups in total. The van der Waals surface area contributed by atoms with Crippen molar-refractivity contribution in [1.29, 1.82) is 0 Å². The maximum absolute atomic E-state index is 13.1. The monoisotopic (exact) mass is 498 g/mol. The van der Waals surface area contributed by atoms with Crippen LogP contribution in [0.2, 0.25) is 10.0 Å². The molecule has 0 amide bonds. The minimum absolute atomic E-state index is 0.244. The molecule has 9 heteroatoms. The van der Waals surface area contributed by atoms with E-state index in [0.29, 0.717) is 42.0 Å². The van der Waals surface area contributed by atoms with Crippen LogP contribution in [-0.2, 0) is 10.0 Å². The lowest BCUT2D eigenvalue weighted by molar-refractivity contribution is 0.384. The van der Waals surface area contributed by atoms with Crippen LogP contribution < -0.4 is 4.90 Å². The van der Waals surface area contributed by atoms with E-state index in [-0.39, 0.29) is 4.90 Å². The van der Waals surface area contributed by atoms with Gasteiger partial charge >= 0.3 is 0 Å². The van der Waals surface area contributed by atoms with Crippen LogP contribution in [0.1, 0.15) is 0 Å². The maximum Gasteiger partial charge on any atom is 0.243 e. The first-order valence-corrected chi connectivity index (χ1v) is 12.6. The number of fused-ring (bicyclic) bond motifs is 1. The van der Waals surface area contributed by atoms with Crippen molar-refractivity contribution in [3.63, 3.8) is 0 Å². The second-order valence-electron chi connectivity index (χ2n) is 7.74. The average Bonchev–Trinajstić information content (AvgIpc) is 2.84. The maximum atomic E-state index is 13.1. The van der Waals surface area contributed by atoms with Crippen molar-refractivity contribution < 1.29 is 8.42 Å². The molecule has 33 heavy (non-hydrogen) atoms. The van der Waals surface area contributed by atoms with Crippen molar-refractivity contribution in [3.05, 3.63) is 82.8 Å². The van der Waals surface area contributed by atoms with Gasteiger partial charge in [0.15, 0.2) is 5.82 Å². The van der Waals surface area contributed by atoms with Gasteiger partial charge in [-0.25, -0.2) is 18.4 Å². The van der Waals surface area contributed by atoms with Gasteiger partial charge in [0.1, 0.15) is 5.82 Å². The van der Waals surface area contributed by atoms with E-state index in [1.54, 1.807) is 12.1 Å². The van der Waals surface area contributed by atoms with E-state index in [9.17, 15) is 8.42 Å². The molecule has 0 radical (unpaired) electrons. The third kappa shape index (κ3) is 4.42. The zero-order valence-corrected chi connectivity index (χ0v) is 19.9. The molecule has 1 aliphatic rings. The number of hydrogen-bond donors (Lipinski definition) is 0. The van der Waals surface area contributed by atoms with Gasteiger partial charge in [-0.2, -0.15) is 4.31 Å². The van der Waals surface area contributed by atoms with Gasteiger partial charge in [-0.15, -0.1) is 0 Å². The Morgan fingerprint density at radius 2 is 1.42 bits per heavy atom. The summed E-state index contributed by atoms with van der Waals surface area (Å²) in [6.07, 6.45) is 0. The molecule has 1 saturated heterocycles. The molecule has 1 aliphatic heterocycles. The van der Waals surface area contributed by atoms with Gasteiger partial charge in [0.05, 0.1) is 10.4 Å². The van der Waals surface area contributed by atoms with Crippen molar-refractivity contribution >= 4 is 49.9 Å². The van der Waals surface area contributed by atoms with Crippen molar-refractivity contribution in [2.45, 2.75) is 4.90 Å². The Labute approximate surface area is 202 Å². The Balaban J connectivity index is 1.46. The van der Waals surface area contributed by atoms with E-state index in [4.69, 9.17) is 33.2 Å². The Morgan fingerprint density at radius 1 is 0.758 bits per heavy atom. The lowest BCUT2D eigenvalue weighted by Gasteiger charge is -2.35. The minimum atomic E-state index is -3.59. The lowest BCUT2D eigenvalue weighted by atomic mass is 10.1. The molecule has 6 nitrogen and oxygen atoms in total. The van der Waals surface area contributed by atoms with Gasteiger partial charge in [0.2, 0.25) is 10.0 Å².